The van der Waals surface area contributed by atoms with Crippen molar-refractivity contribution in [3.05, 3.63) is 81.9 Å². The minimum absolute atomic E-state index is 0.0701. The van der Waals surface area contributed by atoms with Gasteiger partial charge in [-0.2, -0.15) is 0 Å². The maximum atomic E-state index is 13.5. The summed E-state index contributed by atoms with van der Waals surface area (Å²) in [5.41, 5.74) is 2.35. The summed E-state index contributed by atoms with van der Waals surface area (Å²) in [4.78, 5) is 18.8. The number of fused-ring (bicyclic) bond motifs is 1. The number of rotatable bonds is 10. The van der Waals surface area contributed by atoms with Gasteiger partial charge >= 0.3 is 0 Å². The fourth-order valence-corrected chi connectivity index (χ4v) is 4.88. The molecule has 36 heavy (non-hydrogen) atoms. The third kappa shape index (κ3) is 5.17. The van der Waals surface area contributed by atoms with E-state index in [1.54, 1.807) is 4.68 Å². The standard InChI is InChI=1S/C27H32N6O3/c1-3-32(17-19-9-6-5-7-10-19)25(26-29-30-31-33(26)18-22-11-8-14-36-22)23-16-20-15-21(35-4-2)12-13-24(20)28-27(23)34/h5-7,9-10,12-13,15-16,22,25H,3-4,8,11,14,17-18H2,1-2H3,(H,28,34)/t22-,25+/m0/s1. The van der Waals surface area contributed by atoms with E-state index in [2.05, 4.69) is 44.5 Å². The average molecular weight is 489 g/mol. The van der Waals surface area contributed by atoms with Crippen molar-refractivity contribution >= 4 is 10.9 Å². The van der Waals surface area contributed by atoms with Gasteiger partial charge in [0, 0.05) is 29.6 Å². The Kier molecular flexibility index (Phi) is 7.39. The molecule has 1 fully saturated rings. The van der Waals surface area contributed by atoms with E-state index in [4.69, 9.17) is 9.47 Å². The highest BCUT2D eigenvalue weighted by Gasteiger charge is 2.31. The van der Waals surface area contributed by atoms with Crippen LogP contribution >= 0.6 is 0 Å². The van der Waals surface area contributed by atoms with Gasteiger partial charge in [0.25, 0.3) is 5.56 Å². The van der Waals surface area contributed by atoms with E-state index in [1.807, 2.05) is 49.4 Å². The van der Waals surface area contributed by atoms with E-state index in [-0.39, 0.29) is 11.7 Å². The van der Waals surface area contributed by atoms with Crippen molar-refractivity contribution in [1.82, 2.24) is 30.1 Å². The third-order valence-corrected chi connectivity index (χ3v) is 6.65. The molecule has 5 rings (SSSR count). The van der Waals surface area contributed by atoms with Gasteiger partial charge in [-0.25, -0.2) is 4.68 Å². The molecule has 1 aliphatic heterocycles. The molecule has 0 amide bonds. The Morgan fingerprint density at radius 1 is 1.19 bits per heavy atom. The first kappa shape index (κ1) is 24.1. The molecule has 2 atom stereocenters. The quantitative estimate of drug-likeness (QED) is 0.363. The molecule has 0 saturated carbocycles. The number of aromatic amines is 1. The molecule has 1 aliphatic rings. The largest absolute Gasteiger partial charge is 0.494 e. The maximum Gasteiger partial charge on any atom is 0.253 e. The van der Waals surface area contributed by atoms with Crippen LogP contribution in [0.25, 0.3) is 10.9 Å². The molecular formula is C27H32N6O3. The zero-order valence-electron chi connectivity index (χ0n) is 20.8. The molecule has 3 heterocycles. The molecule has 0 aliphatic carbocycles. The first-order valence-corrected chi connectivity index (χ1v) is 12.6. The van der Waals surface area contributed by atoms with E-state index in [0.717, 1.165) is 41.7 Å². The van der Waals surface area contributed by atoms with Crippen molar-refractivity contribution in [2.75, 3.05) is 19.8 Å². The van der Waals surface area contributed by atoms with Crippen LogP contribution in [0.15, 0.2) is 59.4 Å². The summed E-state index contributed by atoms with van der Waals surface area (Å²) in [5.74, 6) is 1.40. The predicted octanol–water partition coefficient (Wildman–Crippen LogP) is 3.70. The van der Waals surface area contributed by atoms with Crippen LogP contribution in [0.5, 0.6) is 5.75 Å². The number of benzene rings is 2. The van der Waals surface area contributed by atoms with Crippen LogP contribution in [-0.4, -0.2) is 56.0 Å². The Morgan fingerprint density at radius 2 is 2.06 bits per heavy atom. The van der Waals surface area contributed by atoms with Crippen molar-refractivity contribution in [1.29, 1.82) is 0 Å². The monoisotopic (exact) mass is 488 g/mol. The van der Waals surface area contributed by atoms with Crippen molar-refractivity contribution in [3.63, 3.8) is 0 Å². The minimum Gasteiger partial charge on any atom is -0.494 e. The lowest BCUT2D eigenvalue weighted by Crippen LogP contribution is -2.35. The fourth-order valence-electron chi connectivity index (χ4n) is 4.88. The highest BCUT2D eigenvalue weighted by Crippen LogP contribution is 2.29. The molecule has 1 saturated heterocycles. The Morgan fingerprint density at radius 3 is 2.81 bits per heavy atom. The van der Waals surface area contributed by atoms with Gasteiger partial charge in [0.15, 0.2) is 5.82 Å². The van der Waals surface area contributed by atoms with Crippen molar-refractivity contribution in [3.8, 4) is 5.75 Å². The van der Waals surface area contributed by atoms with Crippen molar-refractivity contribution < 1.29 is 9.47 Å². The second kappa shape index (κ2) is 11.0. The van der Waals surface area contributed by atoms with Crippen LogP contribution in [0.2, 0.25) is 0 Å². The van der Waals surface area contributed by atoms with Gasteiger partial charge in [-0.05, 0) is 66.6 Å². The Hall–Kier alpha value is -3.56. The molecule has 4 aromatic rings. The lowest BCUT2D eigenvalue weighted by molar-refractivity contribution is 0.0907. The van der Waals surface area contributed by atoms with Gasteiger partial charge in [-0.1, -0.05) is 37.3 Å². The number of nitrogens with one attached hydrogen (secondary N) is 1. The molecule has 9 heteroatoms. The Bertz CT molecular complexity index is 1350. The number of pyridine rings is 1. The molecule has 0 radical (unpaired) electrons. The molecule has 0 bridgehead atoms. The first-order valence-electron chi connectivity index (χ1n) is 12.6. The summed E-state index contributed by atoms with van der Waals surface area (Å²) in [5, 5.41) is 13.6. The summed E-state index contributed by atoms with van der Waals surface area (Å²) in [7, 11) is 0. The van der Waals surface area contributed by atoms with Gasteiger partial charge in [0.1, 0.15) is 11.8 Å². The summed E-state index contributed by atoms with van der Waals surface area (Å²) in [6.45, 7) is 7.27. The zero-order chi connectivity index (χ0) is 24.9. The lowest BCUT2D eigenvalue weighted by atomic mass is 10.0. The number of tetrazole rings is 1. The molecule has 1 N–H and O–H groups in total. The zero-order valence-corrected chi connectivity index (χ0v) is 20.8. The average Bonchev–Trinajstić information content (AvgIpc) is 3.58. The smallest absolute Gasteiger partial charge is 0.253 e. The molecule has 0 spiro atoms. The van der Waals surface area contributed by atoms with E-state index >= 15 is 0 Å². The highest BCUT2D eigenvalue weighted by atomic mass is 16.5. The lowest BCUT2D eigenvalue weighted by Gasteiger charge is -2.30. The van der Waals surface area contributed by atoms with Crippen LogP contribution in [-0.2, 0) is 17.8 Å². The van der Waals surface area contributed by atoms with E-state index in [9.17, 15) is 4.79 Å². The first-order chi connectivity index (χ1) is 17.7. The van der Waals surface area contributed by atoms with Crippen LogP contribution in [0.4, 0.5) is 0 Å². The second-order valence-electron chi connectivity index (χ2n) is 9.04. The highest BCUT2D eigenvalue weighted by molar-refractivity contribution is 5.80. The molecule has 2 aromatic carbocycles. The van der Waals surface area contributed by atoms with Crippen LogP contribution in [0, 0.1) is 0 Å². The van der Waals surface area contributed by atoms with Crippen molar-refractivity contribution in [2.45, 2.75) is 51.9 Å². The summed E-state index contributed by atoms with van der Waals surface area (Å²) in [6, 6.07) is 17.4. The van der Waals surface area contributed by atoms with Crippen molar-refractivity contribution in [2.24, 2.45) is 0 Å². The summed E-state index contributed by atoms with van der Waals surface area (Å²) < 4.78 is 13.4. The van der Waals surface area contributed by atoms with E-state index < -0.39 is 6.04 Å². The second-order valence-corrected chi connectivity index (χ2v) is 9.04. The molecule has 0 unspecified atom stereocenters. The van der Waals surface area contributed by atoms with Gasteiger partial charge in [-0.15, -0.1) is 5.10 Å². The van der Waals surface area contributed by atoms with Gasteiger partial charge in [0.2, 0.25) is 0 Å². The number of H-pyrrole nitrogens is 1. The fraction of sp³-hybridized carbons (Fsp3) is 0.407. The summed E-state index contributed by atoms with van der Waals surface area (Å²) in [6.07, 6.45) is 2.08. The normalized spacial score (nSPS) is 16.6. The third-order valence-electron chi connectivity index (χ3n) is 6.65. The minimum atomic E-state index is -0.449. The molecular weight excluding hydrogens is 456 g/mol. The van der Waals surface area contributed by atoms with Crippen LogP contribution in [0.1, 0.15) is 49.7 Å². The Labute approximate surface area is 210 Å². The number of hydrogen-bond donors (Lipinski definition) is 1. The number of aromatic nitrogens is 5. The SMILES string of the molecule is CCOc1ccc2[nH]c(=O)c([C@H](c3nnnn3C[C@@H]3CCCO3)N(CC)Cc3ccccc3)cc2c1. The van der Waals surface area contributed by atoms with E-state index in [1.165, 1.54) is 0 Å². The van der Waals surface area contributed by atoms with Gasteiger partial charge < -0.3 is 14.5 Å². The summed E-state index contributed by atoms with van der Waals surface area (Å²) >= 11 is 0. The number of nitrogens with zero attached hydrogens (tertiary/aromatic N) is 5. The Balaban J connectivity index is 1.61. The van der Waals surface area contributed by atoms with Crippen LogP contribution < -0.4 is 10.3 Å². The topological polar surface area (TPSA) is 98.2 Å². The molecule has 188 valence electrons. The molecule has 2 aromatic heterocycles. The van der Waals surface area contributed by atoms with Crippen LogP contribution in [0.3, 0.4) is 0 Å². The molecule has 9 nitrogen and oxygen atoms in total. The number of ether oxygens (including phenoxy) is 2. The maximum absolute atomic E-state index is 13.5. The van der Waals surface area contributed by atoms with Gasteiger partial charge in [-0.3, -0.25) is 9.69 Å². The number of hydrogen-bond acceptors (Lipinski definition) is 7. The predicted molar refractivity (Wildman–Crippen MR) is 137 cm³/mol. The van der Waals surface area contributed by atoms with E-state index in [0.29, 0.717) is 37.6 Å². The van der Waals surface area contributed by atoms with Gasteiger partial charge in [0.05, 0.1) is 19.3 Å².